The molecule has 0 saturated carbocycles. The minimum absolute atomic E-state index is 0.393. The molecule has 0 amide bonds. The van der Waals surface area contributed by atoms with Gasteiger partial charge in [0.15, 0.2) is 0 Å². The minimum atomic E-state index is 0.393. The maximum atomic E-state index is 4.54. The van der Waals surface area contributed by atoms with E-state index in [0.29, 0.717) is 16.0 Å². The van der Waals surface area contributed by atoms with Crippen molar-refractivity contribution in [3.8, 4) is 0 Å². The van der Waals surface area contributed by atoms with E-state index in [2.05, 4.69) is 48.6 Å². The Morgan fingerprint density at radius 1 is 1.36 bits per heavy atom. The van der Waals surface area contributed by atoms with E-state index in [1.54, 1.807) is 0 Å². The van der Waals surface area contributed by atoms with Crippen LogP contribution in [0.3, 0.4) is 0 Å². The zero-order valence-corrected chi connectivity index (χ0v) is 10.7. The molecule has 2 fully saturated rings. The van der Waals surface area contributed by atoms with Gasteiger partial charge in [0.1, 0.15) is 0 Å². The van der Waals surface area contributed by atoms with Crippen LogP contribution in [0, 0.1) is 5.92 Å². The lowest BCUT2D eigenvalue weighted by atomic mass is 9.97. The van der Waals surface area contributed by atoms with Gasteiger partial charge in [-0.3, -0.25) is 5.32 Å². The van der Waals surface area contributed by atoms with Crippen molar-refractivity contribution < 1.29 is 0 Å². The zero-order chi connectivity index (χ0) is 10.1. The first-order valence-electron chi connectivity index (χ1n) is 5.45. The van der Waals surface area contributed by atoms with Gasteiger partial charge in [0, 0.05) is 5.25 Å². The van der Waals surface area contributed by atoms with Crippen LogP contribution >= 0.6 is 24.4 Å². The summed E-state index contributed by atoms with van der Waals surface area (Å²) in [5, 5.41) is 5.30. The van der Waals surface area contributed by atoms with Gasteiger partial charge >= 0.3 is 0 Å². The second-order valence-corrected chi connectivity index (χ2v) is 6.59. The predicted octanol–water partition coefficient (Wildman–Crippen LogP) is 1.64. The fourth-order valence-corrected chi connectivity index (χ4v) is 4.11. The van der Waals surface area contributed by atoms with Gasteiger partial charge in [-0.05, 0) is 38.9 Å². The fourth-order valence-electron chi connectivity index (χ4n) is 2.23. The fraction of sp³-hybridized carbons (Fsp3) is 1.00. The lowest BCUT2D eigenvalue weighted by Gasteiger charge is -2.32. The van der Waals surface area contributed by atoms with Crippen molar-refractivity contribution in [2.24, 2.45) is 5.92 Å². The zero-order valence-electron chi connectivity index (χ0n) is 8.94. The highest BCUT2D eigenvalue weighted by atomic mass is 32.2. The summed E-state index contributed by atoms with van der Waals surface area (Å²) in [6, 6.07) is 0. The average molecular weight is 232 g/mol. The number of rotatable bonds is 1. The van der Waals surface area contributed by atoms with Gasteiger partial charge in [-0.2, -0.15) is 12.6 Å². The molecule has 0 bridgehead atoms. The Balaban J connectivity index is 1.85. The molecule has 2 aliphatic heterocycles. The van der Waals surface area contributed by atoms with Crippen molar-refractivity contribution in [3.05, 3.63) is 0 Å². The summed E-state index contributed by atoms with van der Waals surface area (Å²) >= 11 is 6.62. The van der Waals surface area contributed by atoms with E-state index in [9.17, 15) is 0 Å². The summed E-state index contributed by atoms with van der Waals surface area (Å²) in [5.74, 6) is 0.857. The standard InChI is InChI=1S/C10H20N2S2/c1-7-9(13)11-10(14-7)8-3-5-12(2)6-4-8/h7-11,13H,3-6H2,1-2H3. The molecule has 0 aromatic carbocycles. The lowest BCUT2D eigenvalue weighted by Crippen LogP contribution is -2.39. The Bertz CT molecular complexity index is 183. The molecule has 2 heterocycles. The van der Waals surface area contributed by atoms with E-state index in [4.69, 9.17) is 0 Å². The predicted molar refractivity (Wildman–Crippen MR) is 67.0 cm³/mol. The molecule has 0 spiro atoms. The Morgan fingerprint density at radius 2 is 2.00 bits per heavy atom. The van der Waals surface area contributed by atoms with Crippen LogP contribution in [0.4, 0.5) is 0 Å². The molecule has 82 valence electrons. The van der Waals surface area contributed by atoms with E-state index in [1.165, 1.54) is 25.9 Å². The van der Waals surface area contributed by atoms with Gasteiger partial charge in [-0.15, -0.1) is 11.8 Å². The molecule has 0 aliphatic carbocycles. The highest BCUT2D eigenvalue weighted by molar-refractivity contribution is 8.01. The summed E-state index contributed by atoms with van der Waals surface area (Å²) in [5.41, 5.74) is 0. The van der Waals surface area contributed by atoms with Crippen molar-refractivity contribution in [2.45, 2.75) is 35.8 Å². The number of nitrogens with one attached hydrogen (secondary N) is 1. The monoisotopic (exact) mass is 232 g/mol. The third-order valence-electron chi connectivity index (χ3n) is 3.33. The van der Waals surface area contributed by atoms with Crippen molar-refractivity contribution in [1.82, 2.24) is 10.2 Å². The van der Waals surface area contributed by atoms with Crippen LogP contribution in [0.1, 0.15) is 19.8 Å². The van der Waals surface area contributed by atoms with Gasteiger partial charge < -0.3 is 4.90 Å². The second-order valence-electron chi connectivity index (χ2n) is 4.51. The van der Waals surface area contributed by atoms with Crippen LogP contribution in [-0.2, 0) is 0 Å². The molecule has 2 rings (SSSR count). The molecule has 2 saturated heterocycles. The van der Waals surface area contributed by atoms with E-state index in [1.807, 2.05) is 0 Å². The quantitative estimate of drug-likeness (QED) is 0.669. The Labute approximate surface area is 96.6 Å². The number of hydrogen-bond donors (Lipinski definition) is 2. The van der Waals surface area contributed by atoms with Crippen molar-refractivity contribution in [1.29, 1.82) is 0 Å². The Kier molecular flexibility index (Phi) is 3.68. The highest BCUT2D eigenvalue weighted by Crippen LogP contribution is 2.36. The normalized spacial score (nSPS) is 41.8. The Hall–Kier alpha value is 0.620. The molecule has 0 aromatic rings. The third kappa shape index (κ3) is 2.40. The maximum absolute atomic E-state index is 4.54. The summed E-state index contributed by atoms with van der Waals surface area (Å²) < 4.78 is 0. The van der Waals surface area contributed by atoms with Gasteiger partial charge in [-0.1, -0.05) is 6.92 Å². The van der Waals surface area contributed by atoms with Gasteiger partial charge in [0.05, 0.1) is 10.7 Å². The number of likely N-dealkylation sites (tertiary alicyclic amines) is 1. The smallest absolute Gasteiger partial charge is 0.0629 e. The number of hydrogen-bond acceptors (Lipinski definition) is 4. The van der Waals surface area contributed by atoms with E-state index in [-0.39, 0.29) is 0 Å². The summed E-state index contributed by atoms with van der Waals surface area (Å²) in [6.45, 7) is 4.79. The first-order chi connectivity index (χ1) is 6.66. The molecule has 2 aliphatic rings. The molecule has 4 heteroatoms. The molecule has 2 nitrogen and oxygen atoms in total. The Morgan fingerprint density at radius 3 is 2.50 bits per heavy atom. The number of piperidine rings is 1. The van der Waals surface area contributed by atoms with Crippen LogP contribution in [-0.4, -0.2) is 41.0 Å². The largest absolute Gasteiger partial charge is 0.306 e. The van der Waals surface area contributed by atoms with Crippen LogP contribution < -0.4 is 5.32 Å². The van der Waals surface area contributed by atoms with E-state index < -0.39 is 0 Å². The van der Waals surface area contributed by atoms with Gasteiger partial charge in [-0.25, -0.2) is 0 Å². The molecule has 14 heavy (non-hydrogen) atoms. The van der Waals surface area contributed by atoms with E-state index >= 15 is 0 Å². The summed E-state index contributed by atoms with van der Waals surface area (Å²) in [6.07, 6.45) is 2.68. The number of thioether (sulfide) groups is 1. The minimum Gasteiger partial charge on any atom is -0.306 e. The average Bonchev–Trinajstić information content (AvgIpc) is 2.48. The second kappa shape index (κ2) is 4.64. The van der Waals surface area contributed by atoms with Crippen LogP contribution in [0.2, 0.25) is 0 Å². The third-order valence-corrected chi connectivity index (χ3v) is 5.65. The van der Waals surface area contributed by atoms with Gasteiger partial charge in [0.2, 0.25) is 0 Å². The molecule has 1 N–H and O–H groups in total. The first-order valence-corrected chi connectivity index (χ1v) is 6.91. The molecule has 3 atom stereocenters. The van der Waals surface area contributed by atoms with Crippen molar-refractivity contribution >= 4 is 24.4 Å². The number of thiol groups is 1. The molecule has 0 radical (unpaired) electrons. The van der Waals surface area contributed by atoms with Crippen LogP contribution in [0.5, 0.6) is 0 Å². The van der Waals surface area contributed by atoms with Crippen molar-refractivity contribution in [2.75, 3.05) is 20.1 Å². The van der Waals surface area contributed by atoms with Crippen LogP contribution in [0.25, 0.3) is 0 Å². The first kappa shape index (κ1) is 11.1. The topological polar surface area (TPSA) is 15.3 Å². The molecular weight excluding hydrogens is 212 g/mol. The maximum Gasteiger partial charge on any atom is 0.0629 e. The van der Waals surface area contributed by atoms with Crippen molar-refractivity contribution in [3.63, 3.8) is 0 Å². The van der Waals surface area contributed by atoms with Gasteiger partial charge in [0.25, 0.3) is 0 Å². The SMILES string of the molecule is CC1SC(C2CCN(C)CC2)NC1S. The molecule has 3 unspecified atom stereocenters. The number of nitrogens with zero attached hydrogens (tertiary/aromatic N) is 1. The molecular formula is C10H20N2S2. The summed E-state index contributed by atoms with van der Waals surface area (Å²) in [4.78, 5) is 2.43. The lowest BCUT2D eigenvalue weighted by molar-refractivity contribution is 0.210. The summed E-state index contributed by atoms with van der Waals surface area (Å²) in [7, 11) is 2.22. The van der Waals surface area contributed by atoms with E-state index in [0.717, 1.165) is 5.92 Å². The molecule has 0 aromatic heterocycles. The van der Waals surface area contributed by atoms with Crippen LogP contribution in [0.15, 0.2) is 0 Å². The highest BCUT2D eigenvalue weighted by Gasteiger charge is 2.34.